The molecule has 0 spiro atoms. The molecule has 0 bridgehead atoms. The Kier molecular flexibility index (Phi) is 6.23. The van der Waals surface area contributed by atoms with Gasteiger partial charge in [-0.1, -0.05) is 37.6 Å². The molecule has 7 nitrogen and oxygen atoms in total. The van der Waals surface area contributed by atoms with Crippen molar-refractivity contribution in [3.05, 3.63) is 65.4 Å². The van der Waals surface area contributed by atoms with Crippen molar-refractivity contribution in [2.24, 2.45) is 0 Å². The van der Waals surface area contributed by atoms with Crippen molar-refractivity contribution in [3.8, 4) is 22.8 Å². The number of unbranched alkanes of at least 4 members (excludes halogenated alkanes) is 1. The Balaban J connectivity index is 1.74. The molecule has 3 aromatic rings. The van der Waals surface area contributed by atoms with Gasteiger partial charge >= 0.3 is 0 Å². The van der Waals surface area contributed by atoms with E-state index in [9.17, 15) is 9.90 Å². The molecule has 0 saturated heterocycles. The van der Waals surface area contributed by atoms with Crippen LogP contribution in [0.15, 0.2) is 48.5 Å². The Morgan fingerprint density at radius 1 is 1.13 bits per heavy atom. The van der Waals surface area contributed by atoms with Crippen LogP contribution in [0.25, 0.3) is 11.3 Å². The number of phenols is 1. The number of carbonyl (C=O) groups excluding carboxylic acids is 1. The van der Waals surface area contributed by atoms with Gasteiger partial charge in [-0.15, -0.1) is 0 Å². The monoisotopic (exact) mass is 421 g/mol. The molecule has 1 aliphatic rings. The second kappa shape index (κ2) is 9.22. The maximum Gasteiger partial charge on any atom is 0.273 e. The quantitative estimate of drug-likeness (QED) is 0.507. The number of rotatable bonds is 9. The van der Waals surface area contributed by atoms with Crippen molar-refractivity contribution in [1.29, 1.82) is 0 Å². The summed E-state index contributed by atoms with van der Waals surface area (Å²) in [6.07, 6.45) is 2.08. The van der Waals surface area contributed by atoms with Crippen LogP contribution in [-0.2, 0) is 4.74 Å². The summed E-state index contributed by atoms with van der Waals surface area (Å²) in [5.74, 6) is 0.797. The van der Waals surface area contributed by atoms with Gasteiger partial charge < -0.3 is 19.5 Å². The Morgan fingerprint density at radius 3 is 2.61 bits per heavy atom. The molecule has 2 N–H and O–H groups in total. The highest BCUT2D eigenvalue weighted by Crippen LogP contribution is 2.44. The molecule has 0 unspecified atom stereocenters. The number of methoxy groups -OCH3 is 1. The average Bonchev–Trinajstić information content (AvgIpc) is 3.32. The molecule has 162 valence electrons. The first-order chi connectivity index (χ1) is 15.2. The van der Waals surface area contributed by atoms with Gasteiger partial charge in [-0.2, -0.15) is 5.10 Å². The third-order valence-corrected chi connectivity index (χ3v) is 5.52. The summed E-state index contributed by atoms with van der Waals surface area (Å²) in [5, 5.41) is 17.7. The molecule has 1 atom stereocenters. The number of hydrogen-bond donors (Lipinski definition) is 2. The van der Waals surface area contributed by atoms with E-state index in [2.05, 4.69) is 17.1 Å². The maximum atomic E-state index is 13.2. The van der Waals surface area contributed by atoms with E-state index in [1.54, 1.807) is 30.2 Å². The lowest BCUT2D eigenvalue weighted by Crippen LogP contribution is -2.32. The first-order valence-electron chi connectivity index (χ1n) is 10.5. The SMILES string of the molecule is CCCCOc1ccc([C@@H]2c3c(-c4ccccc4O)n[nH]c3C(=O)N2CCOC)cc1. The molecule has 1 aromatic heterocycles. The highest BCUT2D eigenvalue weighted by Gasteiger charge is 2.42. The highest BCUT2D eigenvalue weighted by molar-refractivity contribution is 6.00. The summed E-state index contributed by atoms with van der Waals surface area (Å²) in [6, 6.07) is 14.5. The number of H-pyrrole nitrogens is 1. The summed E-state index contributed by atoms with van der Waals surface area (Å²) in [5.41, 5.74) is 3.33. The van der Waals surface area contributed by atoms with E-state index >= 15 is 0 Å². The summed E-state index contributed by atoms with van der Waals surface area (Å²) in [6.45, 7) is 3.67. The lowest BCUT2D eigenvalue weighted by atomic mass is 9.95. The van der Waals surface area contributed by atoms with Crippen LogP contribution in [0, 0.1) is 0 Å². The van der Waals surface area contributed by atoms with E-state index in [4.69, 9.17) is 9.47 Å². The third-order valence-electron chi connectivity index (χ3n) is 5.52. The molecule has 2 aromatic carbocycles. The molecule has 0 aliphatic carbocycles. The van der Waals surface area contributed by atoms with Crippen LogP contribution in [0.4, 0.5) is 0 Å². The predicted octanol–water partition coefficient (Wildman–Crippen LogP) is 4.15. The number of phenolic OH excluding ortho intramolecular Hbond substituents is 1. The summed E-state index contributed by atoms with van der Waals surface area (Å²) in [7, 11) is 1.62. The van der Waals surface area contributed by atoms with Gasteiger partial charge in [0.1, 0.15) is 22.9 Å². The van der Waals surface area contributed by atoms with Gasteiger partial charge in [-0.3, -0.25) is 9.89 Å². The van der Waals surface area contributed by atoms with Gasteiger partial charge in [0.25, 0.3) is 5.91 Å². The number of carbonyl (C=O) groups is 1. The zero-order chi connectivity index (χ0) is 21.8. The predicted molar refractivity (Wildman–Crippen MR) is 117 cm³/mol. The maximum absolute atomic E-state index is 13.2. The van der Waals surface area contributed by atoms with E-state index in [1.807, 2.05) is 30.3 Å². The van der Waals surface area contributed by atoms with Crippen molar-refractivity contribution in [2.75, 3.05) is 26.9 Å². The number of para-hydroxylation sites is 1. The number of aromatic hydroxyl groups is 1. The second-order valence-corrected chi connectivity index (χ2v) is 7.54. The molecule has 7 heteroatoms. The van der Waals surface area contributed by atoms with Gasteiger partial charge in [0.15, 0.2) is 0 Å². The fourth-order valence-electron chi connectivity index (χ4n) is 3.92. The Hall–Kier alpha value is -3.32. The number of ether oxygens (including phenoxy) is 2. The van der Waals surface area contributed by atoms with Gasteiger partial charge in [0.2, 0.25) is 0 Å². The van der Waals surface area contributed by atoms with Gasteiger partial charge in [-0.25, -0.2) is 0 Å². The van der Waals surface area contributed by atoms with Crippen LogP contribution in [0.3, 0.4) is 0 Å². The molecular weight excluding hydrogens is 394 g/mol. The zero-order valence-electron chi connectivity index (χ0n) is 17.8. The number of fused-ring (bicyclic) bond motifs is 1. The molecule has 1 amide bonds. The molecule has 4 rings (SSSR count). The largest absolute Gasteiger partial charge is 0.507 e. The number of nitrogens with one attached hydrogen (secondary N) is 1. The van der Waals surface area contributed by atoms with Crippen LogP contribution in [0.5, 0.6) is 11.5 Å². The minimum atomic E-state index is -0.337. The number of benzene rings is 2. The zero-order valence-corrected chi connectivity index (χ0v) is 17.8. The van der Waals surface area contributed by atoms with Crippen LogP contribution >= 0.6 is 0 Å². The van der Waals surface area contributed by atoms with Crippen LogP contribution in [0.2, 0.25) is 0 Å². The molecule has 1 aliphatic heterocycles. The minimum absolute atomic E-state index is 0.123. The lowest BCUT2D eigenvalue weighted by Gasteiger charge is -2.26. The smallest absolute Gasteiger partial charge is 0.273 e. The van der Waals surface area contributed by atoms with Crippen molar-refractivity contribution in [2.45, 2.75) is 25.8 Å². The van der Waals surface area contributed by atoms with E-state index < -0.39 is 0 Å². The topological polar surface area (TPSA) is 87.7 Å². The van der Waals surface area contributed by atoms with E-state index in [0.717, 1.165) is 29.7 Å². The molecule has 31 heavy (non-hydrogen) atoms. The summed E-state index contributed by atoms with van der Waals surface area (Å²) in [4.78, 5) is 14.9. The van der Waals surface area contributed by atoms with Gasteiger partial charge in [0.05, 0.1) is 19.3 Å². The lowest BCUT2D eigenvalue weighted by molar-refractivity contribution is 0.0677. The number of aromatic nitrogens is 2. The normalized spacial score (nSPS) is 15.4. The van der Waals surface area contributed by atoms with E-state index in [0.29, 0.717) is 36.7 Å². The number of amides is 1. The van der Waals surface area contributed by atoms with Gasteiger partial charge in [-0.05, 0) is 36.2 Å². The standard InChI is InChI=1S/C24H27N3O4/c1-3-4-14-31-17-11-9-16(10-12-17)23-20-21(18-7-5-6-8-19(18)28)25-26-22(20)24(29)27(23)13-15-30-2/h5-12,23,28H,3-4,13-15H2,1-2H3,(H,25,26)/t23-/m1/s1. The second-order valence-electron chi connectivity index (χ2n) is 7.54. The molecule has 0 radical (unpaired) electrons. The van der Waals surface area contributed by atoms with Crippen LogP contribution in [-0.4, -0.2) is 53.0 Å². The average molecular weight is 421 g/mol. The number of hydrogen-bond acceptors (Lipinski definition) is 5. The van der Waals surface area contributed by atoms with Gasteiger partial charge in [0, 0.05) is 24.8 Å². The fourth-order valence-corrected chi connectivity index (χ4v) is 3.92. The summed E-state index contributed by atoms with van der Waals surface area (Å²) < 4.78 is 11.0. The van der Waals surface area contributed by atoms with Crippen molar-refractivity contribution >= 4 is 5.91 Å². The molecule has 2 heterocycles. The van der Waals surface area contributed by atoms with E-state index in [-0.39, 0.29) is 17.7 Å². The highest BCUT2D eigenvalue weighted by atomic mass is 16.5. The minimum Gasteiger partial charge on any atom is -0.507 e. The molecular formula is C24H27N3O4. The molecule has 0 saturated carbocycles. The van der Waals surface area contributed by atoms with Crippen molar-refractivity contribution < 1.29 is 19.4 Å². The first-order valence-corrected chi connectivity index (χ1v) is 10.5. The van der Waals surface area contributed by atoms with Crippen LogP contribution in [0.1, 0.15) is 47.4 Å². The third kappa shape index (κ3) is 4.01. The number of aromatic amines is 1. The van der Waals surface area contributed by atoms with Crippen LogP contribution < -0.4 is 4.74 Å². The number of nitrogens with zero attached hydrogens (tertiary/aromatic N) is 2. The Bertz CT molecular complexity index is 1050. The van der Waals surface area contributed by atoms with E-state index in [1.165, 1.54) is 0 Å². The summed E-state index contributed by atoms with van der Waals surface area (Å²) >= 11 is 0. The first kappa shape index (κ1) is 20.9. The Labute approximate surface area is 181 Å². The fraction of sp³-hybridized carbons (Fsp3) is 0.333. The molecule has 0 fully saturated rings. The van der Waals surface area contributed by atoms with Crippen molar-refractivity contribution in [1.82, 2.24) is 15.1 Å². The Morgan fingerprint density at radius 2 is 1.90 bits per heavy atom. The van der Waals surface area contributed by atoms with Crippen molar-refractivity contribution in [3.63, 3.8) is 0 Å².